The lowest BCUT2D eigenvalue weighted by molar-refractivity contribution is 0.0946. The smallest absolute Gasteiger partial charge is 0.254 e. The van der Waals surface area contributed by atoms with Gasteiger partial charge in [0.15, 0.2) is 5.16 Å². The predicted octanol–water partition coefficient (Wildman–Crippen LogP) is 0.820. The molecule has 1 amide bonds. The minimum absolute atomic E-state index is 0.184. The Kier molecular flexibility index (Phi) is 3.88. The normalized spacial score (nSPS) is 10.3. The van der Waals surface area contributed by atoms with E-state index >= 15 is 0 Å². The molecule has 0 aliphatic carbocycles. The van der Waals surface area contributed by atoms with Crippen molar-refractivity contribution in [3.8, 4) is 0 Å². The zero-order valence-corrected chi connectivity index (χ0v) is 10.7. The van der Waals surface area contributed by atoms with E-state index in [-0.39, 0.29) is 12.5 Å². The summed E-state index contributed by atoms with van der Waals surface area (Å²) >= 11 is 1.42. The maximum Gasteiger partial charge on any atom is 0.254 e. The third kappa shape index (κ3) is 3.04. The van der Waals surface area contributed by atoms with Crippen LogP contribution in [-0.2, 0) is 6.54 Å². The monoisotopic (exact) mass is 265 g/mol. The summed E-state index contributed by atoms with van der Waals surface area (Å²) in [6.07, 6.45) is 4.83. The summed E-state index contributed by atoms with van der Waals surface area (Å²) in [6.45, 7) is 1.87. The topological polar surface area (TPSA) is 93.8 Å². The second-order valence-corrected chi connectivity index (χ2v) is 4.13. The minimum atomic E-state index is -0.279. The predicted molar refractivity (Wildman–Crippen MR) is 64.0 cm³/mol. The summed E-state index contributed by atoms with van der Waals surface area (Å²) in [6, 6.07) is 0. The summed E-state index contributed by atoms with van der Waals surface area (Å²) in [7, 11) is 0. The number of hydrogen-bond acceptors (Lipinski definition) is 7. The number of nitrogens with zero attached hydrogens (tertiary/aromatic N) is 4. The summed E-state index contributed by atoms with van der Waals surface area (Å²) in [5.74, 6) is 0.549. The first-order valence-corrected chi connectivity index (χ1v) is 6.34. The molecular formula is C10H11N5O2S. The fourth-order valence-corrected chi connectivity index (χ4v) is 1.52. The molecule has 0 radical (unpaired) electrons. The number of aryl methyl sites for hydroxylation is 1. The Bertz CT molecular complexity index is 539. The maximum atomic E-state index is 11.7. The van der Waals surface area contributed by atoms with Crippen molar-refractivity contribution in [3.63, 3.8) is 0 Å². The van der Waals surface area contributed by atoms with Crippen LogP contribution in [0.15, 0.2) is 22.0 Å². The Morgan fingerprint density at radius 3 is 2.67 bits per heavy atom. The summed E-state index contributed by atoms with van der Waals surface area (Å²) in [5.41, 5.74) is 0.393. The van der Waals surface area contributed by atoms with E-state index in [0.717, 1.165) is 0 Å². The van der Waals surface area contributed by atoms with Gasteiger partial charge in [0.25, 0.3) is 5.91 Å². The van der Waals surface area contributed by atoms with Crippen molar-refractivity contribution in [2.75, 3.05) is 6.26 Å². The van der Waals surface area contributed by atoms with Gasteiger partial charge < -0.3 is 9.73 Å². The molecule has 0 saturated heterocycles. The standard InChI is InChI=1S/C10H11N5O2S/c1-6-14-15-8(17-6)5-11-9(16)7-3-12-10(18-2)13-4-7/h3-4H,5H2,1-2H3,(H,11,16). The SMILES string of the molecule is CSc1ncc(C(=O)NCc2nnc(C)o2)cn1. The molecule has 18 heavy (non-hydrogen) atoms. The van der Waals surface area contributed by atoms with Gasteiger partial charge in [-0.3, -0.25) is 4.79 Å². The van der Waals surface area contributed by atoms with Crippen molar-refractivity contribution < 1.29 is 9.21 Å². The van der Waals surface area contributed by atoms with Gasteiger partial charge in [-0.05, 0) is 6.26 Å². The van der Waals surface area contributed by atoms with Gasteiger partial charge in [-0.25, -0.2) is 9.97 Å². The third-order valence-electron chi connectivity index (χ3n) is 2.04. The van der Waals surface area contributed by atoms with Crippen molar-refractivity contribution in [1.29, 1.82) is 0 Å². The molecule has 8 heteroatoms. The van der Waals surface area contributed by atoms with E-state index in [1.165, 1.54) is 24.2 Å². The van der Waals surface area contributed by atoms with Gasteiger partial charge >= 0.3 is 0 Å². The lowest BCUT2D eigenvalue weighted by Crippen LogP contribution is -2.23. The van der Waals surface area contributed by atoms with Crippen molar-refractivity contribution in [3.05, 3.63) is 29.7 Å². The van der Waals surface area contributed by atoms with Crippen LogP contribution in [0.3, 0.4) is 0 Å². The van der Waals surface area contributed by atoms with Gasteiger partial charge in [0.05, 0.1) is 12.1 Å². The van der Waals surface area contributed by atoms with E-state index < -0.39 is 0 Å². The molecule has 0 saturated carbocycles. The van der Waals surface area contributed by atoms with Gasteiger partial charge in [0.2, 0.25) is 11.8 Å². The number of carbonyl (C=O) groups is 1. The molecule has 0 spiro atoms. The van der Waals surface area contributed by atoms with Crippen LogP contribution in [-0.4, -0.2) is 32.3 Å². The molecule has 94 valence electrons. The zero-order valence-electron chi connectivity index (χ0n) is 9.88. The van der Waals surface area contributed by atoms with Crippen LogP contribution in [0.4, 0.5) is 0 Å². The van der Waals surface area contributed by atoms with Crippen molar-refractivity contribution in [1.82, 2.24) is 25.5 Å². The summed E-state index contributed by atoms with van der Waals surface area (Å²) in [5, 5.41) is 10.7. The van der Waals surface area contributed by atoms with E-state index in [9.17, 15) is 4.79 Å². The van der Waals surface area contributed by atoms with Gasteiger partial charge in [-0.1, -0.05) is 11.8 Å². The first-order valence-electron chi connectivity index (χ1n) is 5.12. The van der Waals surface area contributed by atoms with E-state index in [0.29, 0.717) is 22.5 Å². The average molecular weight is 265 g/mol. The molecule has 2 rings (SSSR count). The van der Waals surface area contributed by atoms with Crippen LogP contribution in [0.5, 0.6) is 0 Å². The molecule has 2 aromatic heterocycles. The highest BCUT2D eigenvalue weighted by Crippen LogP contribution is 2.07. The lowest BCUT2D eigenvalue weighted by atomic mass is 10.3. The van der Waals surface area contributed by atoms with E-state index in [4.69, 9.17) is 4.42 Å². The third-order valence-corrected chi connectivity index (χ3v) is 2.62. The summed E-state index contributed by atoms with van der Waals surface area (Å²) < 4.78 is 5.13. The van der Waals surface area contributed by atoms with Crippen LogP contribution in [0, 0.1) is 6.92 Å². The minimum Gasteiger partial charge on any atom is -0.424 e. The quantitative estimate of drug-likeness (QED) is 0.646. The number of hydrogen-bond donors (Lipinski definition) is 1. The highest BCUT2D eigenvalue weighted by molar-refractivity contribution is 7.98. The maximum absolute atomic E-state index is 11.7. The number of thioether (sulfide) groups is 1. The van der Waals surface area contributed by atoms with E-state index in [1.54, 1.807) is 6.92 Å². The Morgan fingerprint density at radius 2 is 2.11 bits per heavy atom. The molecule has 2 heterocycles. The molecule has 1 N–H and O–H groups in total. The van der Waals surface area contributed by atoms with Gasteiger partial charge in [-0.15, -0.1) is 10.2 Å². The summed E-state index contributed by atoms with van der Waals surface area (Å²) in [4.78, 5) is 19.8. The highest BCUT2D eigenvalue weighted by atomic mass is 32.2. The second-order valence-electron chi connectivity index (χ2n) is 3.36. The molecule has 0 unspecified atom stereocenters. The Labute approximate surface area is 107 Å². The fourth-order valence-electron chi connectivity index (χ4n) is 1.21. The molecule has 0 aliphatic heterocycles. The van der Waals surface area contributed by atoms with Crippen molar-refractivity contribution in [2.24, 2.45) is 0 Å². The van der Waals surface area contributed by atoms with Crippen LogP contribution < -0.4 is 5.32 Å². The zero-order chi connectivity index (χ0) is 13.0. The fraction of sp³-hybridized carbons (Fsp3) is 0.300. The number of rotatable bonds is 4. The Hall–Kier alpha value is -1.96. The lowest BCUT2D eigenvalue weighted by Gasteiger charge is -2.02. The molecule has 0 aliphatic rings. The molecule has 2 aromatic rings. The number of aromatic nitrogens is 4. The molecule has 0 atom stereocenters. The first-order chi connectivity index (χ1) is 8.69. The van der Waals surface area contributed by atoms with Crippen molar-refractivity contribution >= 4 is 17.7 Å². The Balaban J connectivity index is 1.94. The molecule has 0 aromatic carbocycles. The number of nitrogens with one attached hydrogen (secondary N) is 1. The van der Waals surface area contributed by atoms with Gasteiger partial charge in [0, 0.05) is 19.3 Å². The van der Waals surface area contributed by atoms with Crippen molar-refractivity contribution in [2.45, 2.75) is 18.6 Å². The van der Waals surface area contributed by atoms with Gasteiger partial charge in [-0.2, -0.15) is 0 Å². The molecule has 0 fully saturated rings. The number of carbonyl (C=O) groups excluding carboxylic acids is 1. The largest absolute Gasteiger partial charge is 0.424 e. The van der Waals surface area contributed by atoms with Crippen LogP contribution in [0.25, 0.3) is 0 Å². The first kappa shape index (κ1) is 12.5. The van der Waals surface area contributed by atoms with E-state index in [1.807, 2.05) is 6.26 Å². The van der Waals surface area contributed by atoms with Crippen LogP contribution >= 0.6 is 11.8 Å². The molecule has 7 nitrogen and oxygen atoms in total. The second kappa shape index (κ2) is 5.58. The van der Waals surface area contributed by atoms with Gasteiger partial charge in [0.1, 0.15) is 0 Å². The average Bonchev–Trinajstić information content (AvgIpc) is 2.82. The van der Waals surface area contributed by atoms with E-state index in [2.05, 4.69) is 25.5 Å². The number of amides is 1. The highest BCUT2D eigenvalue weighted by Gasteiger charge is 2.09. The molecule has 0 bridgehead atoms. The van der Waals surface area contributed by atoms with Crippen LogP contribution in [0.2, 0.25) is 0 Å². The van der Waals surface area contributed by atoms with Crippen LogP contribution in [0.1, 0.15) is 22.1 Å². The molecular weight excluding hydrogens is 254 g/mol. The Morgan fingerprint density at radius 1 is 1.39 bits per heavy atom.